The quantitative estimate of drug-likeness (QED) is 0.489. The number of phenols is 2. The van der Waals surface area contributed by atoms with E-state index in [2.05, 4.69) is 15.6 Å². The molecule has 2 saturated heterocycles. The number of fused-ring (bicyclic) bond motifs is 6. The molecule has 0 aromatic heterocycles. The third kappa shape index (κ3) is 4.77. The van der Waals surface area contributed by atoms with E-state index >= 15 is 0 Å². The summed E-state index contributed by atoms with van der Waals surface area (Å²) in [7, 11) is 0. The topological polar surface area (TPSA) is 107 Å². The molecule has 0 radical (unpaired) electrons. The molecule has 2 aromatic rings. The van der Waals surface area contributed by atoms with Crippen LogP contribution in [0.15, 0.2) is 36.4 Å². The maximum absolute atomic E-state index is 13.5. The second-order valence-corrected chi connectivity index (χ2v) is 10.8. The maximum atomic E-state index is 13.5. The Morgan fingerprint density at radius 1 is 1.14 bits per heavy atom. The first-order valence-corrected chi connectivity index (χ1v) is 13.4. The molecule has 1 amide bonds. The number of carbonyl (C=O) groups is 1. The van der Waals surface area contributed by atoms with Gasteiger partial charge in [0.25, 0.3) is 5.91 Å². The van der Waals surface area contributed by atoms with Crippen LogP contribution in [0.3, 0.4) is 0 Å². The lowest BCUT2D eigenvalue weighted by molar-refractivity contribution is -0.126. The average Bonchev–Trinajstić information content (AvgIpc) is 2.91. The highest BCUT2D eigenvalue weighted by Crippen LogP contribution is 2.47. The van der Waals surface area contributed by atoms with Crippen molar-refractivity contribution in [3.8, 4) is 17.2 Å². The molecule has 4 heterocycles. The number of ether oxygens (including phenoxy) is 2. The number of likely N-dealkylation sites (tertiary alicyclic amines) is 1. The summed E-state index contributed by atoms with van der Waals surface area (Å²) < 4.78 is 12.0. The summed E-state index contributed by atoms with van der Waals surface area (Å²) >= 11 is 0. The highest BCUT2D eigenvalue weighted by atomic mass is 16.5. The number of nitrogens with zero attached hydrogens (tertiary/aromatic N) is 2. The second kappa shape index (κ2) is 10.1. The lowest BCUT2D eigenvalue weighted by Crippen LogP contribution is -2.57. The number of benzene rings is 2. The van der Waals surface area contributed by atoms with Crippen LogP contribution in [0, 0.1) is 5.92 Å². The number of carbonyl (C=O) groups excluding carboxylic acids is 1. The van der Waals surface area contributed by atoms with Gasteiger partial charge in [-0.05, 0) is 75.4 Å². The third-order valence-corrected chi connectivity index (χ3v) is 8.27. The fourth-order valence-electron chi connectivity index (χ4n) is 6.51. The first-order chi connectivity index (χ1) is 18.0. The predicted molar refractivity (Wildman–Crippen MR) is 139 cm³/mol. The van der Waals surface area contributed by atoms with Crippen molar-refractivity contribution < 1.29 is 24.5 Å². The smallest absolute Gasteiger partial charge is 0.267 e. The molecule has 4 aliphatic rings. The van der Waals surface area contributed by atoms with Gasteiger partial charge in [-0.2, -0.15) is 0 Å². The zero-order valence-electron chi connectivity index (χ0n) is 21.2. The van der Waals surface area contributed by atoms with E-state index in [1.165, 1.54) is 30.7 Å². The van der Waals surface area contributed by atoms with Crippen molar-refractivity contribution in [1.82, 2.24) is 15.6 Å². The normalized spacial score (nSPS) is 27.8. The van der Waals surface area contributed by atoms with Crippen LogP contribution in [0.1, 0.15) is 55.7 Å². The molecular formula is C28H36N4O5. The van der Waals surface area contributed by atoms with Crippen LogP contribution in [0.4, 0.5) is 5.69 Å². The van der Waals surface area contributed by atoms with Gasteiger partial charge in [-0.1, -0.05) is 6.07 Å². The van der Waals surface area contributed by atoms with Gasteiger partial charge in [-0.25, -0.2) is 10.4 Å². The van der Waals surface area contributed by atoms with E-state index in [0.29, 0.717) is 30.1 Å². The molecule has 4 N–H and O–H groups in total. The Morgan fingerprint density at radius 2 is 1.92 bits per heavy atom. The SMILES string of the molecule is CC(CN1CCCC2CCCNC21)OCC(=O)N1NC2c3ccc(O)cc3OCC2c2ccc(O)cc21. The summed E-state index contributed by atoms with van der Waals surface area (Å²) in [5.74, 6) is 1.26. The van der Waals surface area contributed by atoms with E-state index < -0.39 is 0 Å². The maximum Gasteiger partial charge on any atom is 0.267 e. The van der Waals surface area contributed by atoms with Crippen LogP contribution in [-0.2, 0) is 9.53 Å². The van der Waals surface area contributed by atoms with Crippen LogP contribution in [-0.4, -0.2) is 66.1 Å². The van der Waals surface area contributed by atoms with Crippen molar-refractivity contribution >= 4 is 11.6 Å². The molecule has 0 bridgehead atoms. The van der Waals surface area contributed by atoms with Gasteiger partial charge in [-0.3, -0.25) is 9.69 Å². The van der Waals surface area contributed by atoms with Crippen molar-refractivity contribution in [3.05, 3.63) is 47.5 Å². The Morgan fingerprint density at radius 3 is 2.78 bits per heavy atom. The molecule has 0 spiro atoms. The van der Waals surface area contributed by atoms with Gasteiger partial charge in [0, 0.05) is 30.2 Å². The summed E-state index contributed by atoms with van der Waals surface area (Å²) in [6.45, 7) is 5.25. The molecule has 0 aliphatic carbocycles. The molecule has 9 heteroatoms. The van der Waals surface area contributed by atoms with Gasteiger partial charge >= 0.3 is 0 Å². The summed E-state index contributed by atoms with van der Waals surface area (Å²) in [5.41, 5.74) is 5.77. The standard InChI is InChI=1S/C28H36N4O5/c1-17(14-31-11-3-5-18-4-2-10-29-28(18)31)36-16-26(35)32-24-12-19(33)6-8-21(24)23-15-37-25-13-20(34)7-9-22(25)27(23)30-32/h6-9,12-13,17-18,23,27-30,33-34H,2-5,10-11,14-16H2,1H3. The molecule has 2 aromatic carbocycles. The molecule has 37 heavy (non-hydrogen) atoms. The zero-order valence-corrected chi connectivity index (χ0v) is 21.2. The van der Waals surface area contributed by atoms with Gasteiger partial charge in [0.05, 0.1) is 30.6 Å². The number of aromatic hydroxyl groups is 2. The first-order valence-electron chi connectivity index (χ1n) is 13.4. The minimum absolute atomic E-state index is 0.0495. The van der Waals surface area contributed by atoms with Crippen LogP contribution in [0.2, 0.25) is 0 Å². The predicted octanol–water partition coefficient (Wildman–Crippen LogP) is 2.99. The molecule has 5 atom stereocenters. The Hall–Kier alpha value is -2.85. The molecule has 5 unspecified atom stereocenters. The molecule has 4 aliphatic heterocycles. The number of anilines is 1. The number of hydrazine groups is 1. The van der Waals surface area contributed by atoms with E-state index in [0.717, 1.165) is 30.8 Å². The Labute approximate surface area is 217 Å². The largest absolute Gasteiger partial charge is 0.508 e. The van der Waals surface area contributed by atoms with Crippen LogP contribution >= 0.6 is 0 Å². The minimum Gasteiger partial charge on any atom is -0.508 e. The molecule has 9 nitrogen and oxygen atoms in total. The Balaban J connectivity index is 1.16. The number of rotatable bonds is 5. The third-order valence-electron chi connectivity index (χ3n) is 8.27. The molecule has 2 fully saturated rings. The highest BCUT2D eigenvalue weighted by Gasteiger charge is 2.41. The number of nitrogens with one attached hydrogen (secondary N) is 2. The van der Waals surface area contributed by atoms with Gasteiger partial charge in [-0.15, -0.1) is 0 Å². The van der Waals surface area contributed by atoms with Gasteiger partial charge < -0.3 is 25.0 Å². The van der Waals surface area contributed by atoms with E-state index in [1.807, 2.05) is 19.1 Å². The van der Waals surface area contributed by atoms with E-state index in [4.69, 9.17) is 9.47 Å². The van der Waals surface area contributed by atoms with Crippen LogP contribution in [0.25, 0.3) is 0 Å². The first kappa shape index (κ1) is 24.5. The second-order valence-electron chi connectivity index (χ2n) is 10.8. The van der Waals surface area contributed by atoms with Crippen LogP contribution < -0.4 is 20.5 Å². The number of hydrogen-bond acceptors (Lipinski definition) is 8. The lowest BCUT2D eigenvalue weighted by Gasteiger charge is -2.45. The number of phenolic OH excluding ortho intramolecular Hbond substituents is 2. The average molecular weight is 509 g/mol. The molecule has 6 rings (SSSR count). The molecule has 0 saturated carbocycles. The zero-order chi connectivity index (χ0) is 25.5. The van der Waals surface area contributed by atoms with Crippen molar-refractivity contribution in [2.24, 2.45) is 5.92 Å². The molecular weight excluding hydrogens is 472 g/mol. The molecule has 198 valence electrons. The summed E-state index contributed by atoms with van der Waals surface area (Å²) in [6.07, 6.45) is 5.33. The fraction of sp³-hybridized carbons (Fsp3) is 0.536. The Kier molecular flexibility index (Phi) is 6.71. The summed E-state index contributed by atoms with van der Waals surface area (Å²) in [4.78, 5) is 16.0. The van der Waals surface area contributed by atoms with Gasteiger partial charge in [0.1, 0.15) is 23.9 Å². The number of hydrogen-bond donors (Lipinski definition) is 4. The van der Waals surface area contributed by atoms with E-state index in [-0.39, 0.29) is 42.1 Å². The van der Waals surface area contributed by atoms with Crippen molar-refractivity contribution in [1.29, 1.82) is 0 Å². The number of piperidine rings is 2. The van der Waals surface area contributed by atoms with Crippen molar-refractivity contribution in [2.75, 3.05) is 37.9 Å². The lowest BCUT2D eigenvalue weighted by atomic mass is 9.83. The number of amides is 1. The van der Waals surface area contributed by atoms with Crippen molar-refractivity contribution in [3.63, 3.8) is 0 Å². The van der Waals surface area contributed by atoms with Crippen LogP contribution in [0.5, 0.6) is 17.2 Å². The van der Waals surface area contributed by atoms with Gasteiger partial charge in [0.2, 0.25) is 0 Å². The fourth-order valence-corrected chi connectivity index (χ4v) is 6.51. The highest BCUT2D eigenvalue weighted by molar-refractivity contribution is 5.95. The monoisotopic (exact) mass is 508 g/mol. The van der Waals surface area contributed by atoms with Gasteiger partial charge in [0.15, 0.2) is 0 Å². The van der Waals surface area contributed by atoms with E-state index in [1.54, 1.807) is 24.3 Å². The van der Waals surface area contributed by atoms with Crippen molar-refractivity contribution in [2.45, 2.75) is 56.8 Å². The van der Waals surface area contributed by atoms with E-state index in [9.17, 15) is 15.0 Å². The summed E-state index contributed by atoms with van der Waals surface area (Å²) in [6, 6.07) is 9.93. The summed E-state index contributed by atoms with van der Waals surface area (Å²) in [5, 5.41) is 25.3. The minimum atomic E-state index is -0.226. The Bertz CT molecular complexity index is 1160.